The van der Waals surface area contributed by atoms with Crippen molar-refractivity contribution in [2.24, 2.45) is 0 Å². The third kappa shape index (κ3) is 1.61. The molecule has 3 nitrogen and oxygen atoms in total. The number of fused-ring (bicyclic) bond motifs is 4. The Hall–Kier alpha value is -2.39. The van der Waals surface area contributed by atoms with Crippen molar-refractivity contribution < 1.29 is 9.53 Å². The summed E-state index contributed by atoms with van der Waals surface area (Å²) in [6, 6.07) is 13.0. The molecule has 0 saturated heterocycles. The van der Waals surface area contributed by atoms with Gasteiger partial charge in [0, 0.05) is 16.5 Å². The number of rotatable bonds is 1. The number of carbonyl (C=O) groups excluding carboxylic acids is 1. The summed E-state index contributed by atoms with van der Waals surface area (Å²) in [7, 11) is 1.58. The van der Waals surface area contributed by atoms with Crippen molar-refractivity contribution >= 4 is 28.3 Å². The number of methoxy groups -OCH3 is 1. The Morgan fingerprint density at radius 2 is 1.90 bits per heavy atom. The van der Waals surface area contributed by atoms with Gasteiger partial charge in [-0.25, -0.2) is 4.98 Å². The van der Waals surface area contributed by atoms with E-state index in [0.717, 1.165) is 16.5 Å². The van der Waals surface area contributed by atoms with Crippen LogP contribution in [0.3, 0.4) is 0 Å². The van der Waals surface area contributed by atoms with Gasteiger partial charge < -0.3 is 4.74 Å². The molecule has 3 aromatic rings. The Bertz CT molecular complexity index is 918. The van der Waals surface area contributed by atoms with Gasteiger partial charge in [0.1, 0.15) is 5.75 Å². The number of aromatic nitrogens is 1. The predicted molar refractivity (Wildman–Crippen MR) is 82.2 cm³/mol. The van der Waals surface area contributed by atoms with Crippen LogP contribution in [0.1, 0.15) is 15.9 Å². The molecule has 1 aliphatic rings. The highest BCUT2D eigenvalue weighted by Crippen LogP contribution is 2.42. The van der Waals surface area contributed by atoms with Crippen LogP contribution < -0.4 is 4.74 Å². The number of pyridine rings is 1. The normalized spacial score (nSPS) is 12.4. The molecule has 0 aliphatic heterocycles. The Kier molecular flexibility index (Phi) is 2.53. The summed E-state index contributed by atoms with van der Waals surface area (Å²) in [4.78, 5) is 17.3. The molecule has 2 aromatic carbocycles. The fraction of sp³-hybridized carbons (Fsp3) is 0.0588. The van der Waals surface area contributed by atoms with Crippen LogP contribution in [0.25, 0.3) is 22.2 Å². The third-order valence-corrected chi connectivity index (χ3v) is 4.18. The first kappa shape index (κ1) is 12.4. The fourth-order valence-electron chi connectivity index (χ4n) is 2.75. The van der Waals surface area contributed by atoms with Gasteiger partial charge in [-0.15, -0.1) is 0 Å². The van der Waals surface area contributed by atoms with E-state index in [4.69, 9.17) is 16.3 Å². The summed E-state index contributed by atoms with van der Waals surface area (Å²) in [6.07, 6.45) is 0. The summed E-state index contributed by atoms with van der Waals surface area (Å²) in [6.45, 7) is 0. The monoisotopic (exact) mass is 295 g/mol. The van der Waals surface area contributed by atoms with E-state index in [9.17, 15) is 4.79 Å². The standard InChI is InChI=1S/C17H10ClNO2/c1-21-9-6-7-10-12(8-9)17(20)14-15(18)11-4-2-3-5-13(11)19-16(10)14/h2-8H,1H3. The molecular weight excluding hydrogens is 286 g/mol. The van der Waals surface area contributed by atoms with Crippen LogP contribution in [0.4, 0.5) is 0 Å². The van der Waals surface area contributed by atoms with E-state index in [1.165, 1.54) is 0 Å². The number of para-hydroxylation sites is 1. The van der Waals surface area contributed by atoms with Crippen LogP contribution >= 0.6 is 11.6 Å². The zero-order chi connectivity index (χ0) is 14.6. The highest BCUT2D eigenvalue weighted by molar-refractivity contribution is 6.41. The third-order valence-electron chi connectivity index (χ3n) is 3.78. The van der Waals surface area contributed by atoms with E-state index in [-0.39, 0.29) is 5.78 Å². The molecule has 1 aliphatic carbocycles. The number of hydrogen-bond donors (Lipinski definition) is 0. The zero-order valence-corrected chi connectivity index (χ0v) is 11.9. The first-order valence-electron chi connectivity index (χ1n) is 6.52. The van der Waals surface area contributed by atoms with Crippen molar-refractivity contribution in [1.29, 1.82) is 0 Å². The molecule has 4 heteroatoms. The average molecular weight is 296 g/mol. The molecule has 0 amide bonds. The second-order valence-electron chi connectivity index (χ2n) is 4.91. The number of halogens is 1. The first-order valence-corrected chi connectivity index (χ1v) is 6.90. The van der Waals surface area contributed by atoms with Gasteiger partial charge in [-0.05, 0) is 24.3 Å². The maximum atomic E-state index is 12.6. The highest BCUT2D eigenvalue weighted by Gasteiger charge is 2.31. The van der Waals surface area contributed by atoms with E-state index < -0.39 is 0 Å². The summed E-state index contributed by atoms with van der Waals surface area (Å²) >= 11 is 6.45. The SMILES string of the molecule is COc1ccc2c(c1)C(=O)c1c-2nc2ccccc2c1Cl. The van der Waals surface area contributed by atoms with Crippen LogP contribution in [0.15, 0.2) is 42.5 Å². The van der Waals surface area contributed by atoms with Crippen LogP contribution in [0, 0.1) is 0 Å². The molecule has 102 valence electrons. The molecule has 0 fully saturated rings. The molecule has 1 heterocycles. The summed E-state index contributed by atoms with van der Waals surface area (Å²) < 4.78 is 5.19. The minimum Gasteiger partial charge on any atom is -0.497 e. The van der Waals surface area contributed by atoms with E-state index >= 15 is 0 Å². The summed E-state index contributed by atoms with van der Waals surface area (Å²) in [5, 5.41) is 1.27. The fourth-order valence-corrected chi connectivity index (χ4v) is 3.09. The lowest BCUT2D eigenvalue weighted by Crippen LogP contribution is -1.98. The minimum absolute atomic E-state index is 0.0952. The molecule has 4 rings (SSSR count). The van der Waals surface area contributed by atoms with Crippen molar-refractivity contribution in [2.45, 2.75) is 0 Å². The van der Waals surface area contributed by atoms with Gasteiger partial charge in [-0.3, -0.25) is 4.79 Å². The Labute approximate surface area is 126 Å². The summed E-state index contributed by atoms with van der Waals surface area (Å²) in [5.74, 6) is 0.553. The molecule has 0 radical (unpaired) electrons. The number of carbonyl (C=O) groups is 1. The number of ketones is 1. The molecule has 21 heavy (non-hydrogen) atoms. The number of nitrogens with zero attached hydrogens (tertiary/aromatic N) is 1. The maximum absolute atomic E-state index is 12.6. The second kappa shape index (κ2) is 4.30. The molecule has 0 N–H and O–H groups in total. The van der Waals surface area contributed by atoms with Gasteiger partial charge >= 0.3 is 0 Å². The quantitative estimate of drug-likeness (QED) is 0.530. The molecule has 1 aromatic heterocycles. The Balaban J connectivity index is 2.09. The zero-order valence-electron chi connectivity index (χ0n) is 11.2. The van der Waals surface area contributed by atoms with Gasteiger partial charge in [0.05, 0.1) is 28.9 Å². The van der Waals surface area contributed by atoms with Crippen molar-refractivity contribution in [1.82, 2.24) is 4.98 Å². The lowest BCUT2D eigenvalue weighted by Gasteiger charge is -2.05. The first-order chi connectivity index (χ1) is 10.2. The van der Waals surface area contributed by atoms with Gasteiger partial charge in [0.15, 0.2) is 5.78 Å². The van der Waals surface area contributed by atoms with E-state index in [1.807, 2.05) is 36.4 Å². The Morgan fingerprint density at radius 1 is 1.10 bits per heavy atom. The number of hydrogen-bond acceptors (Lipinski definition) is 3. The van der Waals surface area contributed by atoms with Gasteiger partial charge in [0.2, 0.25) is 0 Å². The number of ether oxygens (including phenoxy) is 1. The largest absolute Gasteiger partial charge is 0.497 e. The van der Waals surface area contributed by atoms with Crippen molar-refractivity contribution in [2.75, 3.05) is 7.11 Å². The Morgan fingerprint density at radius 3 is 2.71 bits per heavy atom. The molecule has 0 bridgehead atoms. The van der Waals surface area contributed by atoms with Crippen LogP contribution in [-0.4, -0.2) is 17.9 Å². The van der Waals surface area contributed by atoms with Crippen LogP contribution in [0.2, 0.25) is 5.02 Å². The smallest absolute Gasteiger partial charge is 0.197 e. The summed E-state index contributed by atoms with van der Waals surface area (Å²) in [5.41, 5.74) is 3.33. The lowest BCUT2D eigenvalue weighted by molar-refractivity contribution is 0.104. The van der Waals surface area contributed by atoms with Gasteiger partial charge in [-0.2, -0.15) is 0 Å². The van der Waals surface area contributed by atoms with Crippen molar-refractivity contribution in [3.05, 3.63) is 58.6 Å². The predicted octanol–water partition coefficient (Wildman–Crippen LogP) is 4.11. The van der Waals surface area contributed by atoms with Crippen molar-refractivity contribution in [3.63, 3.8) is 0 Å². The number of benzene rings is 2. The highest BCUT2D eigenvalue weighted by atomic mass is 35.5. The van der Waals surface area contributed by atoms with Gasteiger partial charge in [-0.1, -0.05) is 29.8 Å². The molecule has 0 atom stereocenters. The second-order valence-corrected chi connectivity index (χ2v) is 5.29. The lowest BCUT2D eigenvalue weighted by atomic mass is 10.1. The van der Waals surface area contributed by atoms with E-state index in [2.05, 4.69) is 4.98 Å². The average Bonchev–Trinajstić information content (AvgIpc) is 2.80. The topological polar surface area (TPSA) is 39.2 Å². The van der Waals surface area contributed by atoms with Crippen LogP contribution in [0.5, 0.6) is 5.75 Å². The molecular formula is C17H10ClNO2. The minimum atomic E-state index is -0.0952. The molecule has 0 unspecified atom stereocenters. The molecule has 0 spiro atoms. The van der Waals surface area contributed by atoms with E-state index in [1.54, 1.807) is 13.2 Å². The van der Waals surface area contributed by atoms with Crippen molar-refractivity contribution in [3.8, 4) is 17.0 Å². The van der Waals surface area contributed by atoms with Crippen LogP contribution in [-0.2, 0) is 0 Å². The maximum Gasteiger partial charge on any atom is 0.197 e. The molecule has 0 saturated carbocycles. The van der Waals surface area contributed by atoms with E-state index in [0.29, 0.717) is 27.6 Å². The van der Waals surface area contributed by atoms with Gasteiger partial charge in [0.25, 0.3) is 0 Å².